The Hall–Kier alpha value is -1.59. The van der Waals surface area contributed by atoms with Crippen molar-refractivity contribution in [1.29, 1.82) is 0 Å². The van der Waals surface area contributed by atoms with Gasteiger partial charge in [0.2, 0.25) is 0 Å². The summed E-state index contributed by atoms with van der Waals surface area (Å²) in [4.78, 5) is 20.5. The van der Waals surface area contributed by atoms with Crippen molar-refractivity contribution in [3.05, 3.63) is 52.3 Å². The predicted molar refractivity (Wildman–Crippen MR) is 86.0 cm³/mol. The maximum absolute atomic E-state index is 12.1. The summed E-state index contributed by atoms with van der Waals surface area (Å²) in [5, 5.41) is 4.18. The van der Waals surface area contributed by atoms with Crippen LogP contribution in [0.3, 0.4) is 0 Å². The average Bonchev–Trinajstić information content (AvgIpc) is 2.48. The fourth-order valence-corrected chi connectivity index (χ4v) is 2.51. The van der Waals surface area contributed by atoms with E-state index in [1.54, 1.807) is 6.07 Å². The molecule has 0 saturated carbocycles. The van der Waals surface area contributed by atoms with Gasteiger partial charge in [-0.1, -0.05) is 41.6 Å². The molecule has 2 rings (SSSR count). The zero-order chi connectivity index (χ0) is 15.2. The molecule has 0 unspecified atom stereocenters. The minimum absolute atomic E-state index is 0.192. The minimum atomic E-state index is -0.192. The number of hydrogen-bond acceptors (Lipinski definition) is 4. The highest BCUT2D eigenvalue weighted by Gasteiger charge is 2.10. The quantitative estimate of drug-likeness (QED) is 0.679. The third-order valence-corrected chi connectivity index (χ3v) is 3.80. The Bertz CT molecular complexity index is 649. The monoisotopic (exact) mass is 321 g/mol. The lowest BCUT2D eigenvalue weighted by molar-refractivity contribution is 0.0948. The average molecular weight is 322 g/mol. The summed E-state index contributed by atoms with van der Waals surface area (Å²) in [7, 11) is 0. The number of carbonyl (C=O) groups excluding carboxylic acids is 1. The van der Waals surface area contributed by atoms with Crippen LogP contribution >= 0.6 is 23.4 Å². The topological polar surface area (TPSA) is 54.9 Å². The van der Waals surface area contributed by atoms with Gasteiger partial charge in [-0.3, -0.25) is 4.79 Å². The molecule has 0 atom stereocenters. The van der Waals surface area contributed by atoms with Gasteiger partial charge >= 0.3 is 0 Å². The SMILES string of the molecule is CSc1nc(C)cc(C(=O)NCCc2ccccc2Cl)n1. The van der Waals surface area contributed by atoms with E-state index in [0.29, 0.717) is 28.8 Å². The number of carbonyl (C=O) groups is 1. The number of aryl methyl sites for hydroxylation is 1. The van der Waals surface area contributed by atoms with E-state index in [-0.39, 0.29) is 5.91 Å². The number of halogens is 1. The summed E-state index contributed by atoms with van der Waals surface area (Å²) >= 11 is 7.50. The fraction of sp³-hybridized carbons (Fsp3) is 0.267. The molecule has 1 aromatic heterocycles. The molecule has 0 bridgehead atoms. The maximum atomic E-state index is 12.1. The molecule has 1 amide bonds. The Morgan fingerprint density at radius 1 is 1.33 bits per heavy atom. The van der Waals surface area contributed by atoms with Gasteiger partial charge in [0.25, 0.3) is 5.91 Å². The van der Waals surface area contributed by atoms with E-state index in [2.05, 4.69) is 15.3 Å². The lowest BCUT2D eigenvalue weighted by atomic mass is 10.1. The molecule has 1 N–H and O–H groups in total. The van der Waals surface area contributed by atoms with Crippen molar-refractivity contribution < 1.29 is 4.79 Å². The Labute approximate surface area is 133 Å². The van der Waals surface area contributed by atoms with E-state index in [1.165, 1.54) is 11.8 Å². The van der Waals surface area contributed by atoms with Crippen molar-refractivity contribution in [3.8, 4) is 0 Å². The lowest BCUT2D eigenvalue weighted by Crippen LogP contribution is -2.27. The van der Waals surface area contributed by atoms with Crippen LogP contribution in [0.5, 0.6) is 0 Å². The van der Waals surface area contributed by atoms with E-state index >= 15 is 0 Å². The number of aromatic nitrogens is 2. The van der Waals surface area contributed by atoms with Crippen LogP contribution in [0.1, 0.15) is 21.7 Å². The zero-order valence-electron chi connectivity index (χ0n) is 11.9. The Kier molecular flexibility index (Phi) is 5.59. The van der Waals surface area contributed by atoms with Crippen molar-refractivity contribution in [3.63, 3.8) is 0 Å². The van der Waals surface area contributed by atoms with Gasteiger partial charge in [0, 0.05) is 17.3 Å². The Morgan fingerprint density at radius 3 is 2.81 bits per heavy atom. The minimum Gasteiger partial charge on any atom is -0.350 e. The van der Waals surface area contributed by atoms with Crippen LogP contribution < -0.4 is 5.32 Å². The molecule has 0 aliphatic carbocycles. The first-order valence-electron chi connectivity index (χ1n) is 6.51. The predicted octanol–water partition coefficient (Wildman–Crippen LogP) is 3.13. The largest absolute Gasteiger partial charge is 0.350 e. The van der Waals surface area contributed by atoms with Gasteiger partial charge in [0.15, 0.2) is 5.16 Å². The first-order valence-corrected chi connectivity index (χ1v) is 8.11. The standard InChI is InChI=1S/C15H16ClN3OS/c1-10-9-13(19-15(18-10)21-2)14(20)17-8-7-11-5-3-4-6-12(11)16/h3-6,9H,7-8H2,1-2H3,(H,17,20). The molecule has 2 aromatic rings. The first kappa shape index (κ1) is 15.8. The summed E-state index contributed by atoms with van der Waals surface area (Å²) in [6.07, 6.45) is 2.57. The van der Waals surface area contributed by atoms with Crippen molar-refractivity contribution in [1.82, 2.24) is 15.3 Å². The van der Waals surface area contributed by atoms with Gasteiger partial charge in [-0.25, -0.2) is 9.97 Å². The second-order valence-electron chi connectivity index (χ2n) is 4.48. The van der Waals surface area contributed by atoms with Crippen LogP contribution in [0, 0.1) is 6.92 Å². The van der Waals surface area contributed by atoms with Crippen LogP contribution in [-0.4, -0.2) is 28.7 Å². The van der Waals surface area contributed by atoms with Crippen LogP contribution in [0.15, 0.2) is 35.5 Å². The Morgan fingerprint density at radius 2 is 2.10 bits per heavy atom. The molecule has 1 aromatic carbocycles. The normalized spacial score (nSPS) is 10.4. The number of thioether (sulfide) groups is 1. The number of rotatable bonds is 5. The molecule has 0 fully saturated rings. The molecule has 6 heteroatoms. The second kappa shape index (κ2) is 7.43. The van der Waals surface area contributed by atoms with E-state index in [1.807, 2.05) is 37.4 Å². The molecule has 0 radical (unpaired) electrons. The van der Waals surface area contributed by atoms with E-state index in [9.17, 15) is 4.79 Å². The summed E-state index contributed by atoms with van der Waals surface area (Å²) in [5.74, 6) is -0.192. The molecular weight excluding hydrogens is 306 g/mol. The van der Waals surface area contributed by atoms with Gasteiger partial charge in [-0.2, -0.15) is 0 Å². The molecule has 4 nitrogen and oxygen atoms in total. The van der Waals surface area contributed by atoms with E-state index in [4.69, 9.17) is 11.6 Å². The third kappa shape index (κ3) is 4.44. The van der Waals surface area contributed by atoms with Gasteiger partial charge < -0.3 is 5.32 Å². The molecule has 110 valence electrons. The van der Waals surface area contributed by atoms with Crippen LogP contribution in [0.25, 0.3) is 0 Å². The van der Waals surface area contributed by atoms with Gasteiger partial charge in [0.1, 0.15) is 5.69 Å². The van der Waals surface area contributed by atoms with Gasteiger partial charge in [0.05, 0.1) is 0 Å². The van der Waals surface area contributed by atoms with Gasteiger partial charge in [-0.15, -0.1) is 0 Å². The number of nitrogens with zero attached hydrogens (tertiary/aromatic N) is 2. The molecular formula is C15H16ClN3OS. The molecule has 0 saturated heterocycles. The van der Waals surface area contributed by atoms with Crippen LogP contribution in [0.4, 0.5) is 0 Å². The summed E-state index contributed by atoms with van der Waals surface area (Å²) < 4.78 is 0. The van der Waals surface area contributed by atoms with Crippen molar-refractivity contribution in [2.45, 2.75) is 18.5 Å². The van der Waals surface area contributed by atoms with Crippen molar-refractivity contribution >= 4 is 29.3 Å². The van der Waals surface area contributed by atoms with Gasteiger partial charge in [-0.05, 0) is 37.3 Å². The highest BCUT2D eigenvalue weighted by Crippen LogP contribution is 2.15. The van der Waals surface area contributed by atoms with E-state index in [0.717, 1.165) is 11.3 Å². The fourth-order valence-electron chi connectivity index (χ4n) is 1.85. The number of nitrogens with one attached hydrogen (secondary N) is 1. The van der Waals surface area contributed by atoms with Crippen molar-refractivity contribution in [2.24, 2.45) is 0 Å². The number of hydrogen-bond donors (Lipinski definition) is 1. The van der Waals surface area contributed by atoms with Crippen molar-refractivity contribution in [2.75, 3.05) is 12.8 Å². The van der Waals surface area contributed by atoms with Crippen LogP contribution in [0.2, 0.25) is 5.02 Å². The van der Waals surface area contributed by atoms with E-state index < -0.39 is 0 Å². The zero-order valence-corrected chi connectivity index (χ0v) is 13.5. The highest BCUT2D eigenvalue weighted by molar-refractivity contribution is 7.98. The molecule has 0 spiro atoms. The molecule has 1 heterocycles. The highest BCUT2D eigenvalue weighted by atomic mass is 35.5. The summed E-state index contributed by atoms with van der Waals surface area (Å²) in [6.45, 7) is 2.36. The maximum Gasteiger partial charge on any atom is 0.270 e. The molecule has 0 aliphatic rings. The molecule has 0 aliphatic heterocycles. The number of benzene rings is 1. The third-order valence-electron chi connectivity index (χ3n) is 2.89. The lowest BCUT2D eigenvalue weighted by Gasteiger charge is -2.07. The Balaban J connectivity index is 1.96. The summed E-state index contributed by atoms with van der Waals surface area (Å²) in [5.41, 5.74) is 2.19. The second-order valence-corrected chi connectivity index (χ2v) is 5.66. The van der Waals surface area contributed by atoms with Crippen LogP contribution in [-0.2, 0) is 6.42 Å². The smallest absolute Gasteiger partial charge is 0.270 e. The summed E-state index contributed by atoms with van der Waals surface area (Å²) in [6, 6.07) is 9.30. The first-order chi connectivity index (χ1) is 10.1. The molecule has 21 heavy (non-hydrogen) atoms. The number of amides is 1.